The molecule has 66 valence electrons. The van der Waals surface area contributed by atoms with Crippen molar-refractivity contribution in [2.45, 2.75) is 33.3 Å². The fourth-order valence-electron chi connectivity index (χ4n) is 1.27. The summed E-state index contributed by atoms with van der Waals surface area (Å²) in [6, 6.07) is 6.32. The molecule has 0 amide bonds. The Morgan fingerprint density at radius 1 is 1.25 bits per heavy atom. The largest absolute Gasteiger partial charge is 0.393 e. The van der Waals surface area contributed by atoms with Crippen LogP contribution < -0.4 is 0 Å². The number of rotatable bonds is 2. The molecule has 0 aliphatic rings. The van der Waals surface area contributed by atoms with Gasteiger partial charge in [-0.3, -0.25) is 0 Å². The lowest BCUT2D eigenvalue weighted by Gasteiger charge is -2.06. The molecule has 0 saturated carbocycles. The quantitative estimate of drug-likeness (QED) is 0.710. The standard InChI is InChI=1S/C11H16O/c1-8-4-5-11(6-9(8)2)7-10(3)12/h4-6,10,12H,7H2,1-3H3/t10-/m1/s1. The van der Waals surface area contributed by atoms with Gasteiger partial charge in [0, 0.05) is 0 Å². The van der Waals surface area contributed by atoms with Gasteiger partial charge in [0.1, 0.15) is 0 Å². The van der Waals surface area contributed by atoms with E-state index in [1.54, 1.807) is 0 Å². The topological polar surface area (TPSA) is 20.2 Å². The Morgan fingerprint density at radius 3 is 2.42 bits per heavy atom. The monoisotopic (exact) mass is 164 g/mol. The second kappa shape index (κ2) is 3.72. The highest BCUT2D eigenvalue weighted by Crippen LogP contribution is 2.11. The van der Waals surface area contributed by atoms with Crippen molar-refractivity contribution in [2.24, 2.45) is 0 Å². The molecule has 1 rings (SSSR count). The molecule has 1 nitrogen and oxygen atoms in total. The van der Waals surface area contributed by atoms with Crippen LogP contribution in [0.1, 0.15) is 23.6 Å². The molecule has 0 heterocycles. The number of hydrogen-bond acceptors (Lipinski definition) is 1. The summed E-state index contributed by atoms with van der Waals surface area (Å²) in [4.78, 5) is 0. The Hall–Kier alpha value is -0.820. The molecular weight excluding hydrogens is 148 g/mol. The minimum absolute atomic E-state index is 0.243. The summed E-state index contributed by atoms with van der Waals surface area (Å²) in [5.41, 5.74) is 3.82. The Kier molecular flexibility index (Phi) is 2.88. The van der Waals surface area contributed by atoms with Gasteiger partial charge < -0.3 is 5.11 Å². The number of hydrogen-bond donors (Lipinski definition) is 1. The fourth-order valence-corrected chi connectivity index (χ4v) is 1.27. The predicted octanol–water partition coefficient (Wildman–Crippen LogP) is 2.23. The summed E-state index contributed by atoms with van der Waals surface area (Å²) in [7, 11) is 0. The van der Waals surface area contributed by atoms with E-state index in [-0.39, 0.29) is 6.10 Å². The van der Waals surface area contributed by atoms with Gasteiger partial charge in [-0.15, -0.1) is 0 Å². The number of aliphatic hydroxyl groups excluding tert-OH is 1. The third kappa shape index (κ3) is 2.35. The number of aryl methyl sites for hydroxylation is 2. The highest BCUT2D eigenvalue weighted by Gasteiger charge is 1.99. The molecule has 1 heteroatoms. The summed E-state index contributed by atoms with van der Waals surface area (Å²) < 4.78 is 0. The van der Waals surface area contributed by atoms with Gasteiger partial charge in [0.25, 0.3) is 0 Å². The van der Waals surface area contributed by atoms with Crippen LogP contribution in [-0.4, -0.2) is 11.2 Å². The van der Waals surface area contributed by atoms with Crippen LogP contribution in [0.3, 0.4) is 0 Å². The molecule has 0 aliphatic carbocycles. The first-order valence-corrected chi connectivity index (χ1v) is 4.34. The van der Waals surface area contributed by atoms with Crippen molar-refractivity contribution >= 4 is 0 Å². The second-order valence-corrected chi connectivity index (χ2v) is 3.47. The average Bonchev–Trinajstić information content (AvgIpc) is 1.96. The molecule has 1 aromatic carbocycles. The first-order chi connectivity index (χ1) is 5.59. The molecular formula is C11H16O. The van der Waals surface area contributed by atoms with Crippen molar-refractivity contribution in [1.82, 2.24) is 0 Å². The Labute approximate surface area is 74.1 Å². The molecule has 0 bridgehead atoms. The molecule has 0 aliphatic heterocycles. The van der Waals surface area contributed by atoms with Gasteiger partial charge >= 0.3 is 0 Å². The van der Waals surface area contributed by atoms with Crippen LogP contribution in [0.15, 0.2) is 18.2 Å². The van der Waals surface area contributed by atoms with Crippen molar-refractivity contribution in [3.63, 3.8) is 0 Å². The highest BCUT2D eigenvalue weighted by molar-refractivity contribution is 5.30. The highest BCUT2D eigenvalue weighted by atomic mass is 16.3. The normalized spacial score (nSPS) is 13.0. The van der Waals surface area contributed by atoms with Crippen LogP contribution in [0.5, 0.6) is 0 Å². The van der Waals surface area contributed by atoms with E-state index in [9.17, 15) is 0 Å². The van der Waals surface area contributed by atoms with E-state index in [2.05, 4.69) is 32.0 Å². The molecule has 0 spiro atoms. The molecule has 0 fully saturated rings. The van der Waals surface area contributed by atoms with E-state index < -0.39 is 0 Å². The molecule has 1 N–H and O–H groups in total. The van der Waals surface area contributed by atoms with E-state index in [1.807, 2.05) is 6.92 Å². The predicted molar refractivity (Wildman–Crippen MR) is 51.3 cm³/mol. The lowest BCUT2D eigenvalue weighted by atomic mass is 10.0. The van der Waals surface area contributed by atoms with Crippen LogP contribution in [0, 0.1) is 13.8 Å². The second-order valence-electron chi connectivity index (χ2n) is 3.47. The Morgan fingerprint density at radius 2 is 1.92 bits per heavy atom. The average molecular weight is 164 g/mol. The van der Waals surface area contributed by atoms with Crippen LogP contribution >= 0.6 is 0 Å². The van der Waals surface area contributed by atoms with Gasteiger partial charge in [-0.25, -0.2) is 0 Å². The summed E-state index contributed by atoms with van der Waals surface area (Å²) >= 11 is 0. The third-order valence-electron chi connectivity index (χ3n) is 2.10. The SMILES string of the molecule is Cc1ccc(C[C@@H](C)O)cc1C. The maximum absolute atomic E-state index is 9.17. The van der Waals surface area contributed by atoms with E-state index in [1.165, 1.54) is 16.7 Å². The number of aliphatic hydroxyl groups is 1. The van der Waals surface area contributed by atoms with E-state index in [4.69, 9.17) is 5.11 Å². The molecule has 12 heavy (non-hydrogen) atoms. The van der Waals surface area contributed by atoms with Crippen LogP contribution in [0.25, 0.3) is 0 Å². The van der Waals surface area contributed by atoms with Gasteiger partial charge in [0.05, 0.1) is 6.10 Å². The Bertz CT molecular complexity index is 264. The maximum Gasteiger partial charge on any atom is 0.0552 e. The van der Waals surface area contributed by atoms with Crippen LogP contribution in [0.4, 0.5) is 0 Å². The summed E-state index contributed by atoms with van der Waals surface area (Å²) in [5.74, 6) is 0. The Balaban J connectivity index is 2.82. The van der Waals surface area contributed by atoms with Crippen molar-refractivity contribution in [2.75, 3.05) is 0 Å². The van der Waals surface area contributed by atoms with Crippen molar-refractivity contribution in [1.29, 1.82) is 0 Å². The lowest BCUT2D eigenvalue weighted by Crippen LogP contribution is -2.04. The van der Waals surface area contributed by atoms with Crippen LogP contribution in [0.2, 0.25) is 0 Å². The van der Waals surface area contributed by atoms with Gasteiger partial charge in [0.2, 0.25) is 0 Å². The van der Waals surface area contributed by atoms with Gasteiger partial charge in [-0.1, -0.05) is 18.2 Å². The van der Waals surface area contributed by atoms with E-state index in [0.29, 0.717) is 0 Å². The lowest BCUT2D eigenvalue weighted by molar-refractivity contribution is 0.195. The molecule has 1 atom stereocenters. The summed E-state index contributed by atoms with van der Waals surface area (Å²) in [6.07, 6.45) is 0.508. The molecule has 0 saturated heterocycles. The summed E-state index contributed by atoms with van der Waals surface area (Å²) in [6.45, 7) is 6.01. The van der Waals surface area contributed by atoms with Crippen LogP contribution in [-0.2, 0) is 6.42 Å². The molecule has 0 aromatic heterocycles. The molecule has 0 unspecified atom stereocenters. The zero-order chi connectivity index (χ0) is 9.14. The molecule has 1 aromatic rings. The van der Waals surface area contributed by atoms with Crippen molar-refractivity contribution in [3.05, 3.63) is 34.9 Å². The number of benzene rings is 1. The fraction of sp³-hybridized carbons (Fsp3) is 0.455. The minimum Gasteiger partial charge on any atom is -0.393 e. The first kappa shape index (κ1) is 9.27. The first-order valence-electron chi connectivity index (χ1n) is 4.34. The van der Waals surface area contributed by atoms with Gasteiger partial charge in [0.15, 0.2) is 0 Å². The zero-order valence-electron chi connectivity index (χ0n) is 7.96. The molecule has 0 radical (unpaired) electrons. The van der Waals surface area contributed by atoms with E-state index >= 15 is 0 Å². The van der Waals surface area contributed by atoms with Gasteiger partial charge in [-0.05, 0) is 43.9 Å². The minimum atomic E-state index is -0.243. The zero-order valence-corrected chi connectivity index (χ0v) is 7.96. The van der Waals surface area contributed by atoms with Crippen molar-refractivity contribution < 1.29 is 5.11 Å². The van der Waals surface area contributed by atoms with Gasteiger partial charge in [-0.2, -0.15) is 0 Å². The third-order valence-corrected chi connectivity index (χ3v) is 2.10. The summed E-state index contributed by atoms with van der Waals surface area (Å²) in [5, 5.41) is 9.17. The van der Waals surface area contributed by atoms with Crippen molar-refractivity contribution in [3.8, 4) is 0 Å². The van der Waals surface area contributed by atoms with E-state index in [0.717, 1.165) is 6.42 Å². The maximum atomic E-state index is 9.17. The smallest absolute Gasteiger partial charge is 0.0552 e.